The predicted molar refractivity (Wildman–Crippen MR) is 95.5 cm³/mol. The van der Waals surface area contributed by atoms with Crippen LogP contribution in [0.3, 0.4) is 0 Å². The van der Waals surface area contributed by atoms with Gasteiger partial charge < -0.3 is 15.0 Å². The normalized spacial score (nSPS) is 15.0. The lowest BCUT2D eigenvalue weighted by molar-refractivity contribution is 0.107. The summed E-state index contributed by atoms with van der Waals surface area (Å²) in [4.78, 5) is 22.4. The number of likely N-dealkylation sites (tertiary alicyclic amines) is 1. The molecule has 6 nitrogen and oxygen atoms in total. The lowest BCUT2D eigenvalue weighted by Gasteiger charge is -2.32. The number of carbonyl (C=O) groups excluding carboxylic acids is 1. The maximum atomic E-state index is 12.3. The van der Waals surface area contributed by atoms with E-state index in [1.54, 1.807) is 12.3 Å². The molecule has 1 aromatic carbocycles. The number of ether oxygens (including phenoxy) is 1. The van der Waals surface area contributed by atoms with Gasteiger partial charge in [0.25, 0.3) is 0 Å². The quantitative estimate of drug-likeness (QED) is 0.908. The Bertz CT molecular complexity index is 685. The molecule has 25 heavy (non-hydrogen) atoms. The Hall–Kier alpha value is -2.63. The Kier molecular flexibility index (Phi) is 5.82. The van der Waals surface area contributed by atoms with Crippen LogP contribution in [-0.2, 0) is 6.42 Å². The van der Waals surface area contributed by atoms with E-state index in [0.29, 0.717) is 31.3 Å². The maximum absolute atomic E-state index is 12.3. The summed E-state index contributed by atoms with van der Waals surface area (Å²) in [7, 11) is 0. The number of hydrogen-bond donors (Lipinski definition) is 1. The smallest absolute Gasteiger partial charge is 0.317 e. The zero-order chi connectivity index (χ0) is 17.5. The zero-order valence-corrected chi connectivity index (χ0v) is 14.5. The molecule has 0 radical (unpaired) electrons. The minimum absolute atomic E-state index is 0.00672. The third-order valence-electron chi connectivity index (χ3n) is 4.30. The van der Waals surface area contributed by atoms with Crippen molar-refractivity contribution >= 4 is 6.03 Å². The number of rotatable bonds is 5. The molecule has 0 unspecified atom stereocenters. The van der Waals surface area contributed by atoms with E-state index in [4.69, 9.17) is 4.74 Å². The highest BCUT2D eigenvalue weighted by Gasteiger charge is 2.24. The Morgan fingerprint density at radius 1 is 1.24 bits per heavy atom. The summed E-state index contributed by atoms with van der Waals surface area (Å²) in [5, 5.41) is 3.00. The molecular weight excluding hydrogens is 316 g/mol. The zero-order valence-electron chi connectivity index (χ0n) is 14.5. The fourth-order valence-corrected chi connectivity index (χ4v) is 2.92. The van der Waals surface area contributed by atoms with Crippen molar-refractivity contribution in [1.29, 1.82) is 0 Å². The van der Waals surface area contributed by atoms with Crippen molar-refractivity contribution in [1.82, 2.24) is 20.2 Å². The van der Waals surface area contributed by atoms with E-state index in [-0.39, 0.29) is 12.1 Å². The summed E-state index contributed by atoms with van der Waals surface area (Å²) in [5.74, 6) is 1.31. The summed E-state index contributed by atoms with van der Waals surface area (Å²) >= 11 is 0. The second-order valence-electron chi connectivity index (χ2n) is 6.21. The molecule has 0 bridgehead atoms. The number of hydrogen-bond acceptors (Lipinski definition) is 4. The van der Waals surface area contributed by atoms with E-state index in [1.807, 2.05) is 30.0 Å². The van der Waals surface area contributed by atoms with Crippen molar-refractivity contribution in [3.05, 3.63) is 54.0 Å². The topological polar surface area (TPSA) is 67.3 Å². The molecule has 0 atom stereocenters. The molecule has 2 aromatic rings. The van der Waals surface area contributed by atoms with E-state index in [0.717, 1.165) is 19.3 Å². The SMILES string of the molecule is Cc1nccc(OC2CCN(C(=O)NCCc3ccccc3)CC2)n1. The first-order valence-electron chi connectivity index (χ1n) is 8.74. The van der Waals surface area contributed by atoms with Crippen molar-refractivity contribution in [2.45, 2.75) is 32.3 Å². The first kappa shape index (κ1) is 17.2. The van der Waals surface area contributed by atoms with Crippen LogP contribution in [0.5, 0.6) is 5.88 Å². The van der Waals surface area contributed by atoms with Gasteiger partial charge in [0, 0.05) is 44.7 Å². The van der Waals surface area contributed by atoms with Gasteiger partial charge in [0.2, 0.25) is 5.88 Å². The molecule has 3 rings (SSSR count). The van der Waals surface area contributed by atoms with Crippen LogP contribution in [0.1, 0.15) is 24.2 Å². The minimum Gasteiger partial charge on any atom is -0.474 e. The number of aryl methyl sites for hydroxylation is 1. The van der Waals surface area contributed by atoms with Crippen molar-refractivity contribution in [2.24, 2.45) is 0 Å². The van der Waals surface area contributed by atoms with Crippen molar-refractivity contribution in [3.63, 3.8) is 0 Å². The summed E-state index contributed by atoms with van der Waals surface area (Å²) in [5.41, 5.74) is 1.23. The van der Waals surface area contributed by atoms with Gasteiger partial charge in [-0.15, -0.1) is 0 Å². The second kappa shape index (κ2) is 8.46. The molecule has 0 aliphatic carbocycles. The minimum atomic E-state index is 0.00672. The van der Waals surface area contributed by atoms with Crippen LogP contribution in [-0.4, -0.2) is 46.6 Å². The lowest BCUT2D eigenvalue weighted by Crippen LogP contribution is -2.46. The number of piperidine rings is 1. The largest absolute Gasteiger partial charge is 0.474 e. The van der Waals surface area contributed by atoms with Crippen LogP contribution in [0.2, 0.25) is 0 Å². The Morgan fingerprint density at radius 3 is 2.72 bits per heavy atom. The monoisotopic (exact) mass is 340 g/mol. The molecule has 1 aliphatic rings. The molecule has 1 saturated heterocycles. The van der Waals surface area contributed by atoms with Gasteiger partial charge in [0.15, 0.2) is 0 Å². The van der Waals surface area contributed by atoms with Crippen molar-refractivity contribution in [3.8, 4) is 5.88 Å². The van der Waals surface area contributed by atoms with Gasteiger partial charge in [-0.05, 0) is 18.9 Å². The fourth-order valence-electron chi connectivity index (χ4n) is 2.92. The molecule has 1 fully saturated rings. The Balaban J connectivity index is 1.38. The number of benzene rings is 1. The standard InChI is InChI=1S/C19H24N4O2/c1-15-20-12-8-18(22-15)25-17-9-13-23(14-10-17)19(24)21-11-7-16-5-3-2-4-6-16/h2-6,8,12,17H,7,9-11,13-14H2,1H3,(H,21,24). The van der Waals surface area contributed by atoms with Gasteiger partial charge >= 0.3 is 6.03 Å². The summed E-state index contributed by atoms with van der Waals surface area (Å²) in [6.07, 6.45) is 4.28. The van der Waals surface area contributed by atoms with Gasteiger partial charge in [-0.25, -0.2) is 9.78 Å². The molecule has 0 spiro atoms. The molecule has 1 aliphatic heterocycles. The first-order valence-corrected chi connectivity index (χ1v) is 8.74. The van der Waals surface area contributed by atoms with Crippen LogP contribution in [0.25, 0.3) is 0 Å². The lowest BCUT2D eigenvalue weighted by atomic mass is 10.1. The average molecular weight is 340 g/mol. The van der Waals surface area contributed by atoms with Gasteiger partial charge in [-0.3, -0.25) is 0 Å². The third kappa shape index (κ3) is 5.17. The molecule has 6 heteroatoms. The van der Waals surface area contributed by atoms with Gasteiger partial charge in [-0.1, -0.05) is 30.3 Å². The molecule has 132 valence electrons. The van der Waals surface area contributed by atoms with Gasteiger partial charge in [0.1, 0.15) is 11.9 Å². The van der Waals surface area contributed by atoms with Crippen LogP contribution in [0.4, 0.5) is 4.79 Å². The molecule has 2 amide bonds. The highest BCUT2D eigenvalue weighted by molar-refractivity contribution is 5.74. The highest BCUT2D eigenvalue weighted by atomic mass is 16.5. The van der Waals surface area contributed by atoms with E-state index >= 15 is 0 Å². The van der Waals surface area contributed by atoms with Crippen LogP contribution in [0.15, 0.2) is 42.6 Å². The van der Waals surface area contributed by atoms with Gasteiger partial charge in [0.05, 0.1) is 0 Å². The Morgan fingerprint density at radius 2 is 2.00 bits per heavy atom. The number of nitrogens with one attached hydrogen (secondary N) is 1. The molecular formula is C19H24N4O2. The molecule has 1 N–H and O–H groups in total. The summed E-state index contributed by atoms with van der Waals surface area (Å²) in [6, 6.07) is 12.0. The number of aromatic nitrogens is 2. The summed E-state index contributed by atoms with van der Waals surface area (Å²) in [6.45, 7) is 3.90. The number of urea groups is 1. The Labute approximate surface area is 148 Å². The summed E-state index contributed by atoms with van der Waals surface area (Å²) < 4.78 is 5.89. The number of amides is 2. The second-order valence-corrected chi connectivity index (χ2v) is 6.21. The van der Waals surface area contributed by atoms with Crippen LogP contribution in [0, 0.1) is 6.92 Å². The van der Waals surface area contributed by atoms with Gasteiger partial charge in [-0.2, -0.15) is 4.98 Å². The van der Waals surface area contributed by atoms with E-state index in [2.05, 4.69) is 27.4 Å². The van der Waals surface area contributed by atoms with E-state index in [9.17, 15) is 4.79 Å². The van der Waals surface area contributed by atoms with Crippen LogP contribution < -0.4 is 10.1 Å². The molecule has 2 heterocycles. The number of nitrogens with zero attached hydrogens (tertiary/aromatic N) is 3. The predicted octanol–water partition coefficient (Wildman–Crippen LogP) is 2.58. The van der Waals surface area contributed by atoms with Crippen molar-refractivity contribution < 1.29 is 9.53 Å². The third-order valence-corrected chi connectivity index (χ3v) is 4.30. The van der Waals surface area contributed by atoms with E-state index in [1.165, 1.54) is 5.56 Å². The fraction of sp³-hybridized carbons (Fsp3) is 0.421. The average Bonchev–Trinajstić information content (AvgIpc) is 2.63. The molecule has 0 saturated carbocycles. The number of carbonyl (C=O) groups is 1. The van der Waals surface area contributed by atoms with Crippen LogP contribution >= 0.6 is 0 Å². The first-order chi connectivity index (χ1) is 12.2. The maximum Gasteiger partial charge on any atom is 0.317 e. The van der Waals surface area contributed by atoms with E-state index < -0.39 is 0 Å². The highest BCUT2D eigenvalue weighted by Crippen LogP contribution is 2.17. The van der Waals surface area contributed by atoms with Crippen molar-refractivity contribution in [2.75, 3.05) is 19.6 Å². The molecule has 1 aromatic heterocycles.